The van der Waals surface area contributed by atoms with Crippen molar-refractivity contribution in [2.75, 3.05) is 20.3 Å². The number of aliphatic imine (C=N–C) groups is 1. The molecular formula is C25H32N4O6. The molecule has 2 aromatic carbocycles. The van der Waals surface area contributed by atoms with Crippen LogP contribution in [0.15, 0.2) is 59.6 Å². The fourth-order valence-electron chi connectivity index (χ4n) is 3.71. The number of nitrogens with zero attached hydrogens (tertiary/aromatic N) is 2. The van der Waals surface area contributed by atoms with Crippen LogP contribution in [0.25, 0.3) is 0 Å². The number of ether oxygens (including phenoxy) is 4. The third-order valence-electron chi connectivity index (χ3n) is 5.44. The lowest BCUT2D eigenvalue weighted by Crippen LogP contribution is -2.60. The van der Waals surface area contributed by atoms with Gasteiger partial charge < -0.3 is 34.9 Å². The minimum Gasteiger partial charge on any atom is -0.497 e. The maximum absolute atomic E-state index is 12.5. The van der Waals surface area contributed by atoms with Crippen LogP contribution in [0.1, 0.15) is 30.9 Å². The smallest absolute Gasteiger partial charge is 0.437 e. The largest absolute Gasteiger partial charge is 0.497 e. The molecule has 2 aromatic rings. The third-order valence-corrected chi connectivity index (χ3v) is 5.44. The normalized spacial score (nSPS) is 18.0. The number of amides is 2. The molecule has 3 N–H and O–H groups in total. The summed E-state index contributed by atoms with van der Waals surface area (Å²) in [5.74, 6) is 0.697. The Balaban J connectivity index is 1.56. The van der Waals surface area contributed by atoms with E-state index in [0.29, 0.717) is 26.0 Å². The Morgan fingerprint density at radius 3 is 2.43 bits per heavy atom. The van der Waals surface area contributed by atoms with E-state index in [9.17, 15) is 9.59 Å². The number of nitrogens with one attached hydrogen (secondary N) is 1. The lowest BCUT2D eigenvalue weighted by Gasteiger charge is -2.41. The molecule has 0 saturated carbocycles. The molecule has 10 heteroatoms. The van der Waals surface area contributed by atoms with E-state index in [4.69, 9.17) is 24.7 Å². The highest BCUT2D eigenvalue weighted by atomic mass is 16.6. The number of likely N-dealkylation sites (tertiary alicyclic amines) is 1. The first kappa shape index (κ1) is 25.8. The summed E-state index contributed by atoms with van der Waals surface area (Å²) >= 11 is 0. The SMILES string of the molecule is CCOC1C(NC(=O)OCc2ccc(OC)cc2)CCCN1/C(N)=N/C(=O)OCc1ccccc1. The minimum absolute atomic E-state index is 0.0281. The molecule has 0 aromatic heterocycles. The molecule has 1 saturated heterocycles. The molecule has 0 bridgehead atoms. The molecule has 1 heterocycles. The number of carbonyl (C=O) groups is 2. The maximum atomic E-state index is 12.5. The third kappa shape index (κ3) is 7.89. The molecule has 3 rings (SSSR count). The molecule has 1 aliphatic heterocycles. The number of guanidine groups is 1. The second-order valence-electron chi connectivity index (χ2n) is 7.87. The molecule has 1 fully saturated rings. The van der Waals surface area contributed by atoms with E-state index in [2.05, 4.69) is 10.3 Å². The summed E-state index contributed by atoms with van der Waals surface area (Å²) in [6.07, 6.45) is -0.606. The lowest BCUT2D eigenvalue weighted by atomic mass is 10.0. The number of piperidine rings is 1. The zero-order valence-corrected chi connectivity index (χ0v) is 20.0. The number of alkyl carbamates (subject to hydrolysis) is 1. The minimum atomic E-state index is -0.796. The van der Waals surface area contributed by atoms with E-state index >= 15 is 0 Å². The first-order valence-electron chi connectivity index (χ1n) is 11.5. The standard InChI is InChI=1S/C25H32N4O6/c1-3-33-22-21(27-24(30)34-17-19-11-13-20(32-2)14-12-19)10-7-15-29(22)23(26)28-25(31)35-16-18-8-5-4-6-9-18/h4-6,8-9,11-14,21-22H,3,7,10,15-17H2,1-2H3,(H,27,30)(H2,26,28,31). The zero-order valence-electron chi connectivity index (χ0n) is 20.0. The first-order valence-corrected chi connectivity index (χ1v) is 11.5. The van der Waals surface area contributed by atoms with Crippen LogP contribution in [0.5, 0.6) is 5.75 Å². The Kier molecular flexibility index (Phi) is 9.73. The summed E-state index contributed by atoms with van der Waals surface area (Å²) in [5.41, 5.74) is 7.81. The fourth-order valence-corrected chi connectivity index (χ4v) is 3.71. The topological polar surface area (TPSA) is 125 Å². The summed E-state index contributed by atoms with van der Waals surface area (Å²) in [6.45, 7) is 2.95. The van der Waals surface area contributed by atoms with Gasteiger partial charge in [-0.15, -0.1) is 4.99 Å². The van der Waals surface area contributed by atoms with Crippen molar-refractivity contribution >= 4 is 18.1 Å². The van der Waals surface area contributed by atoms with Crippen molar-refractivity contribution in [2.45, 2.75) is 45.2 Å². The molecule has 0 spiro atoms. The van der Waals surface area contributed by atoms with Crippen molar-refractivity contribution in [1.82, 2.24) is 10.2 Å². The first-order chi connectivity index (χ1) is 17.0. The van der Waals surface area contributed by atoms with Crippen molar-refractivity contribution in [3.63, 3.8) is 0 Å². The molecule has 1 aliphatic rings. The van der Waals surface area contributed by atoms with Crippen LogP contribution in [-0.2, 0) is 27.4 Å². The quantitative estimate of drug-likeness (QED) is 0.431. The van der Waals surface area contributed by atoms with E-state index < -0.39 is 24.5 Å². The number of benzene rings is 2. The van der Waals surface area contributed by atoms with Crippen molar-refractivity contribution in [2.24, 2.45) is 10.7 Å². The van der Waals surface area contributed by atoms with E-state index in [1.54, 1.807) is 24.1 Å². The van der Waals surface area contributed by atoms with Gasteiger partial charge in [-0.25, -0.2) is 9.59 Å². The zero-order chi connectivity index (χ0) is 25.0. The number of methoxy groups -OCH3 is 1. The highest BCUT2D eigenvalue weighted by molar-refractivity contribution is 5.89. The summed E-state index contributed by atoms with van der Waals surface area (Å²) < 4.78 is 21.5. The Morgan fingerprint density at radius 2 is 1.74 bits per heavy atom. The highest BCUT2D eigenvalue weighted by Crippen LogP contribution is 2.20. The van der Waals surface area contributed by atoms with Crippen molar-refractivity contribution in [1.29, 1.82) is 0 Å². The van der Waals surface area contributed by atoms with Gasteiger partial charge in [-0.1, -0.05) is 42.5 Å². The molecule has 10 nitrogen and oxygen atoms in total. The molecule has 2 unspecified atom stereocenters. The van der Waals surface area contributed by atoms with Crippen LogP contribution in [0.3, 0.4) is 0 Å². The number of carbonyl (C=O) groups excluding carboxylic acids is 2. The Labute approximate surface area is 205 Å². The predicted molar refractivity (Wildman–Crippen MR) is 130 cm³/mol. The monoisotopic (exact) mass is 484 g/mol. The van der Waals surface area contributed by atoms with Gasteiger partial charge in [0.15, 0.2) is 6.23 Å². The summed E-state index contributed by atoms with van der Waals surface area (Å²) in [5, 5.41) is 2.85. The van der Waals surface area contributed by atoms with Crippen LogP contribution >= 0.6 is 0 Å². The van der Waals surface area contributed by atoms with Crippen molar-refractivity contribution < 1.29 is 28.5 Å². The van der Waals surface area contributed by atoms with Gasteiger partial charge in [0, 0.05) is 13.2 Å². The number of nitrogens with two attached hydrogens (primary N) is 1. The van der Waals surface area contributed by atoms with Gasteiger partial charge in [-0.2, -0.15) is 0 Å². The van der Waals surface area contributed by atoms with Gasteiger partial charge in [0.2, 0.25) is 5.96 Å². The Hall–Kier alpha value is -3.79. The molecule has 2 amide bonds. The second-order valence-corrected chi connectivity index (χ2v) is 7.87. The van der Waals surface area contributed by atoms with E-state index in [-0.39, 0.29) is 19.2 Å². The fraction of sp³-hybridized carbons (Fsp3) is 0.400. The molecule has 35 heavy (non-hydrogen) atoms. The van der Waals surface area contributed by atoms with Gasteiger partial charge in [0.05, 0.1) is 13.2 Å². The molecule has 0 radical (unpaired) electrons. The average molecular weight is 485 g/mol. The molecule has 0 aliphatic carbocycles. The summed E-state index contributed by atoms with van der Waals surface area (Å²) in [4.78, 5) is 30.2. The summed E-state index contributed by atoms with van der Waals surface area (Å²) in [6, 6.07) is 16.1. The van der Waals surface area contributed by atoms with Crippen LogP contribution in [0.2, 0.25) is 0 Å². The van der Waals surface area contributed by atoms with E-state index in [1.165, 1.54) is 0 Å². The number of hydrogen-bond donors (Lipinski definition) is 2. The molecular weight excluding hydrogens is 452 g/mol. The van der Waals surface area contributed by atoms with Gasteiger partial charge >= 0.3 is 12.2 Å². The molecule has 2 atom stereocenters. The number of hydrogen-bond acceptors (Lipinski definition) is 6. The Morgan fingerprint density at radius 1 is 1.06 bits per heavy atom. The predicted octanol–water partition coefficient (Wildman–Crippen LogP) is 3.40. The van der Waals surface area contributed by atoms with Gasteiger partial charge in [0.1, 0.15) is 19.0 Å². The van der Waals surface area contributed by atoms with Crippen LogP contribution in [0, 0.1) is 0 Å². The van der Waals surface area contributed by atoms with E-state index in [0.717, 1.165) is 16.9 Å². The number of rotatable bonds is 8. The molecule has 188 valence electrons. The average Bonchev–Trinajstić information content (AvgIpc) is 2.88. The lowest BCUT2D eigenvalue weighted by molar-refractivity contribution is -0.0618. The highest BCUT2D eigenvalue weighted by Gasteiger charge is 2.35. The maximum Gasteiger partial charge on any atom is 0.437 e. The van der Waals surface area contributed by atoms with Gasteiger partial charge in [-0.05, 0) is 43.0 Å². The van der Waals surface area contributed by atoms with Crippen molar-refractivity contribution in [3.8, 4) is 5.75 Å². The second kappa shape index (κ2) is 13.2. The van der Waals surface area contributed by atoms with Crippen LogP contribution < -0.4 is 15.8 Å². The van der Waals surface area contributed by atoms with Crippen molar-refractivity contribution in [3.05, 3.63) is 65.7 Å². The van der Waals surface area contributed by atoms with Gasteiger partial charge in [-0.3, -0.25) is 0 Å². The Bertz CT molecular complexity index is 983. The van der Waals surface area contributed by atoms with Crippen LogP contribution in [0.4, 0.5) is 9.59 Å². The van der Waals surface area contributed by atoms with Crippen LogP contribution in [-0.4, -0.2) is 55.6 Å². The van der Waals surface area contributed by atoms with Gasteiger partial charge in [0.25, 0.3) is 0 Å². The van der Waals surface area contributed by atoms with E-state index in [1.807, 2.05) is 49.4 Å². The summed E-state index contributed by atoms with van der Waals surface area (Å²) in [7, 11) is 1.59.